The number of ether oxygens (including phenoxy) is 1. The number of likely N-dealkylation sites (tertiary alicyclic amines) is 2. The van der Waals surface area contributed by atoms with Crippen molar-refractivity contribution in [2.24, 2.45) is 16.7 Å². The Bertz CT molecular complexity index is 1190. The molecule has 10 heteroatoms. The molecule has 10 nitrogen and oxygen atoms in total. The minimum atomic E-state index is -0.380. The van der Waals surface area contributed by atoms with E-state index in [2.05, 4.69) is 31.6 Å². The summed E-state index contributed by atoms with van der Waals surface area (Å²) >= 11 is 0. The highest BCUT2D eigenvalue weighted by Crippen LogP contribution is 2.55. The minimum absolute atomic E-state index is 0.0855. The van der Waals surface area contributed by atoms with Gasteiger partial charge in [0.15, 0.2) is 5.82 Å². The number of rotatable bonds is 7. The van der Waals surface area contributed by atoms with E-state index in [4.69, 9.17) is 19.3 Å². The number of nitrogens with zero attached hydrogens (tertiary/aromatic N) is 6. The van der Waals surface area contributed by atoms with Gasteiger partial charge in [0.1, 0.15) is 13.2 Å². The van der Waals surface area contributed by atoms with Gasteiger partial charge in [-0.1, -0.05) is 44.5 Å². The van der Waals surface area contributed by atoms with Crippen LogP contribution >= 0.6 is 0 Å². The predicted octanol–water partition coefficient (Wildman–Crippen LogP) is 3.57. The second kappa shape index (κ2) is 8.99. The van der Waals surface area contributed by atoms with Gasteiger partial charge in [-0.05, 0) is 30.7 Å². The molecule has 2 aromatic rings. The summed E-state index contributed by atoms with van der Waals surface area (Å²) in [5.41, 5.74) is 0.922. The minimum Gasteiger partial charge on any atom is -0.445 e. The van der Waals surface area contributed by atoms with E-state index in [0.29, 0.717) is 50.4 Å². The van der Waals surface area contributed by atoms with Gasteiger partial charge in [0, 0.05) is 49.6 Å². The van der Waals surface area contributed by atoms with Crippen LogP contribution in [0.25, 0.3) is 0 Å². The number of hydrogen-bond donors (Lipinski definition) is 0. The Labute approximate surface area is 217 Å². The largest absolute Gasteiger partial charge is 0.445 e. The first-order valence-electron chi connectivity index (χ1n) is 13.5. The van der Waals surface area contributed by atoms with Crippen molar-refractivity contribution in [1.29, 1.82) is 0 Å². The molecule has 4 aliphatic rings. The molecule has 2 amide bonds. The highest BCUT2D eigenvalue weighted by atomic mass is 16.6. The van der Waals surface area contributed by atoms with Crippen LogP contribution in [0.15, 0.2) is 29.4 Å². The van der Waals surface area contributed by atoms with E-state index in [1.165, 1.54) is 25.7 Å². The summed E-state index contributed by atoms with van der Waals surface area (Å²) in [4.78, 5) is 34.0. The van der Waals surface area contributed by atoms with Gasteiger partial charge >= 0.3 is 6.09 Å². The molecule has 0 bridgehead atoms. The molecule has 2 aliphatic heterocycles. The van der Waals surface area contributed by atoms with Crippen molar-refractivity contribution in [1.82, 2.24) is 29.7 Å². The Hall–Kier alpha value is -3.17. The molecule has 2 atom stereocenters. The highest BCUT2D eigenvalue weighted by molar-refractivity contribution is 5.83. The Morgan fingerprint density at radius 1 is 1.22 bits per heavy atom. The average molecular weight is 509 g/mol. The molecule has 198 valence electrons. The first-order valence-corrected chi connectivity index (χ1v) is 13.5. The van der Waals surface area contributed by atoms with Gasteiger partial charge < -0.3 is 19.1 Å². The van der Waals surface area contributed by atoms with E-state index in [-0.39, 0.29) is 41.3 Å². The number of carbonyl (C=O) groups excluding carboxylic acids is 2. The molecular formula is C27H36N6O4. The molecule has 6 rings (SSSR count). The molecule has 2 aromatic heterocycles. The highest BCUT2D eigenvalue weighted by Gasteiger charge is 2.61. The van der Waals surface area contributed by atoms with Crippen molar-refractivity contribution in [2.75, 3.05) is 32.8 Å². The monoisotopic (exact) mass is 508 g/mol. The van der Waals surface area contributed by atoms with Crippen LogP contribution in [0, 0.1) is 16.7 Å². The molecular weight excluding hydrogens is 472 g/mol. The van der Waals surface area contributed by atoms with Crippen molar-refractivity contribution in [2.45, 2.75) is 64.3 Å². The summed E-state index contributed by atoms with van der Waals surface area (Å²) in [7, 11) is 0. The van der Waals surface area contributed by atoms with Crippen LogP contribution in [0.4, 0.5) is 4.79 Å². The molecule has 4 heterocycles. The molecule has 0 N–H and O–H groups in total. The van der Waals surface area contributed by atoms with Crippen molar-refractivity contribution < 1.29 is 18.8 Å². The normalized spacial score (nSPS) is 25.9. The van der Waals surface area contributed by atoms with Crippen molar-refractivity contribution in [3.8, 4) is 0 Å². The quantitative estimate of drug-likeness (QED) is 0.526. The lowest BCUT2D eigenvalue weighted by Gasteiger charge is -2.50. The van der Waals surface area contributed by atoms with Crippen LogP contribution in [-0.4, -0.2) is 74.5 Å². The SMILES string of the molecule is C=CCOC(=O)N1CC(c2noc(Cn3ccc(C4CCCC4)n3)n2)C2(C1)CN(C(=O)[C@H]1CC1(C)C)C2. The first kappa shape index (κ1) is 24.2. The summed E-state index contributed by atoms with van der Waals surface area (Å²) in [5.74, 6) is 1.80. The van der Waals surface area contributed by atoms with E-state index in [9.17, 15) is 9.59 Å². The maximum atomic E-state index is 13.0. The zero-order valence-electron chi connectivity index (χ0n) is 21.8. The molecule has 2 saturated heterocycles. The van der Waals surface area contributed by atoms with Gasteiger partial charge in [-0.15, -0.1) is 0 Å². The van der Waals surface area contributed by atoms with Gasteiger partial charge in [0.05, 0.1) is 11.6 Å². The van der Waals surface area contributed by atoms with Crippen LogP contribution < -0.4 is 0 Å². The van der Waals surface area contributed by atoms with Gasteiger partial charge in [-0.3, -0.25) is 9.48 Å². The zero-order chi connectivity index (χ0) is 25.8. The lowest BCUT2D eigenvalue weighted by Crippen LogP contribution is -2.62. The van der Waals surface area contributed by atoms with Crippen molar-refractivity contribution >= 4 is 12.0 Å². The van der Waals surface area contributed by atoms with Gasteiger partial charge in [0.25, 0.3) is 0 Å². The smallest absolute Gasteiger partial charge is 0.410 e. The van der Waals surface area contributed by atoms with Gasteiger partial charge in [-0.25, -0.2) is 4.79 Å². The Balaban J connectivity index is 1.17. The Morgan fingerprint density at radius 2 is 1.95 bits per heavy atom. The van der Waals surface area contributed by atoms with Crippen molar-refractivity contribution in [3.05, 3.63) is 42.3 Å². The fourth-order valence-electron chi connectivity index (χ4n) is 6.50. The molecule has 37 heavy (non-hydrogen) atoms. The van der Waals surface area contributed by atoms with E-state index in [1.54, 1.807) is 11.0 Å². The molecule has 2 aliphatic carbocycles. The van der Waals surface area contributed by atoms with Gasteiger partial charge in [-0.2, -0.15) is 10.1 Å². The third-order valence-corrected chi connectivity index (χ3v) is 8.89. The van der Waals surface area contributed by atoms with Crippen LogP contribution in [0.3, 0.4) is 0 Å². The first-order chi connectivity index (χ1) is 17.8. The van der Waals surface area contributed by atoms with Crippen LogP contribution in [0.5, 0.6) is 0 Å². The standard InChI is InChI=1S/C27H36N6O4/c1-4-11-36-25(35)31-13-20(27(15-31)16-32(17-27)24(34)19-12-26(19,2)3)23-28-22(37-30-23)14-33-10-9-21(29-33)18-7-5-6-8-18/h4,9-10,18-20H,1,5-8,11-17H2,2-3H3/t19-,20?/m1/s1. The summed E-state index contributed by atoms with van der Waals surface area (Å²) in [6.45, 7) is 10.6. The molecule has 1 unspecified atom stereocenters. The number of aromatic nitrogens is 4. The number of carbonyl (C=O) groups is 2. The van der Waals surface area contributed by atoms with Crippen LogP contribution in [0.1, 0.15) is 75.2 Å². The lowest BCUT2D eigenvalue weighted by atomic mass is 9.71. The third kappa shape index (κ3) is 4.44. The number of hydrogen-bond acceptors (Lipinski definition) is 7. The zero-order valence-corrected chi connectivity index (χ0v) is 21.8. The van der Waals surface area contributed by atoms with Gasteiger partial charge in [0.2, 0.25) is 11.8 Å². The maximum Gasteiger partial charge on any atom is 0.410 e. The fourth-order valence-corrected chi connectivity index (χ4v) is 6.50. The topological polar surface area (TPSA) is 107 Å². The Morgan fingerprint density at radius 3 is 2.65 bits per heavy atom. The molecule has 1 spiro atoms. The van der Waals surface area contributed by atoms with E-state index >= 15 is 0 Å². The lowest BCUT2D eigenvalue weighted by molar-refractivity contribution is -0.145. The molecule has 2 saturated carbocycles. The van der Waals surface area contributed by atoms with E-state index in [1.807, 2.05) is 15.8 Å². The van der Waals surface area contributed by atoms with Crippen LogP contribution in [0.2, 0.25) is 0 Å². The van der Waals surface area contributed by atoms with E-state index < -0.39 is 0 Å². The van der Waals surface area contributed by atoms with Crippen LogP contribution in [-0.2, 0) is 16.1 Å². The Kier molecular flexibility index (Phi) is 5.88. The van der Waals surface area contributed by atoms with Crippen molar-refractivity contribution in [3.63, 3.8) is 0 Å². The fraction of sp³-hybridized carbons (Fsp3) is 0.667. The second-order valence-corrected chi connectivity index (χ2v) is 12.1. The number of amides is 2. The summed E-state index contributed by atoms with van der Waals surface area (Å²) in [6, 6.07) is 2.09. The summed E-state index contributed by atoms with van der Waals surface area (Å²) in [5, 5.41) is 9.07. The van der Waals surface area contributed by atoms with E-state index in [0.717, 1.165) is 12.1 Å². The maximum absolute atomic E-state index is 13.0. The summed E-state index contributed by atoms with van der Waals surface area (Å²) in [6.07, 6.45) is 9.03. The average Bonchev–Trinajstić information content (AvgIpc) is 3.48. The molecule has 4 fully saturated rings. The third-order valence-electron chi connectivity index (χ3n) is 8.89. The molecule has 0 aromatic carbocycles. The molecule has 0 radical (unpaired) electrons. The predicted molar refractivity (Wildman–Crippen MR) is 134 cm³/mol. The summed E-state index contributed by atoms with van der Waals surface area (Å²) < 4.78 is 12.8. The second-order valence-electron chi connectivity index (χ2n) is 12.1.